The molecule has 3 aromatic heterocycles. The van der Waals surface area contributed by atoms with Gasteiger partial charge in [0.05, 0.1) is 40.0 Å². The van der Waals surface area contributed by atoms with Crippen molar-refractivity contribution in [2.24, 2.45) is 0 Å². The monoisotopic (exact) mass is 611 g/mol. The average molecular weight is 612 g/mol. The molecule has 0 unspecified atom stereocenters. The number of aryl methyl sites for hydroxylation is 1. The van der Waals surface area contributed by atoms with Crippen LogP contribution in [0.3, 0.4) is 0 Å². The highest BCUT2D eigenvalue weighted by Crippen LogP contribution is 2.31. The van der Waals surface area contributed by atoms with Gasteiger partial charge in [-0.05, 0) is 61.4 Å². The number of benzene rings is 3. The Balaban J connectivity index is 1.12. The van der Waals surface area contributed by atoms with Gasteiger partial charge in [-0.15, -0.1) is 0 Å². The third kappa shape index (κ3) is 5.40. The molecule has 1 N–H and O–H groups in total. The molecule has 222 valence electrons. The van der Waals surface area contributed by atoms with Crippen LogP contribution in [0.4, 0.5) is 4.39 Å². The highest BCUT2D eigenvalue weighted by atomic mass is 35.5. The van der Waals surface area contributed by atoms with E-state index in [-0.39, 0.29) is 24.7 Å². The second-order valence-corrected chi connectivity index (χ2v) is 11.3. The van der Waals surface area contributed by atoms with Gasteiger partial charge in [-0.2, -0.15) is 0 Å². The molecule has 0 radical (unpaired) electrons. The van der Waals surface area contributed by atoms with Crippen molar-refractivity contribution in [1.82, 2.24) is 14.5 Å². The normalized spacial score (nSPS) is 14.7. The molecule has 4 heterocycles. The summed E-state index contributed by atoms with van der Waals surface area (Å²) < 4.78 is 35.0. The number of carboxylic acid groups (broad SMARTS) is 1. The fourth-order valence-corrected chi connectivity index (χ4v) is 5.69. The Morgan fingerprint density at radius 3 is 2.70 bits per heavy atom. The van der Waals surface area contributed by atoms with Gasteiger partial charge in [-0.25, -0.2) is 19.2 Å². The van der Waals surface area contributed by atoms with Gasteiger partial charge in [0.1, 0.15) is 29.6 Å². The molecule has 6 aromatic rings. The third-order valence-corrected chi connectivity index (χ3v) is 8.21. The average Bonchev–Trinajstić information content (AvgIpc) is 3.55. The van der Waals surface area contributed by atoms with Crippen LogP contribution in [0.25, 0.3) is 33.3 Å². The van der Waals surface area contributed by atoms with Gasteiger partial charge in [-0.1, -0.05) is 35.9 Å². The highest BCUT2D eigenvalue weighted by Gasteiger charge is 2.23. The Morgan fingerprint density at radius 2 is 1.93 bits per heavy atom. The predicted molar refractivity (Wildman–Crippen MR) is 164 cm³/mol. The fourth-order valence-electron chi connectivity index (χ4n) is 5.49. The minimum absolute atomic E-state index is 0.0151. The van der Waals surface area contributed by atoms with Crippen LogP contribution in [0.15, 0.2) is 77.2 Å². The van der Waals surface area contributed by atoms with Crippen molar-refractivity contribution in [2.45, 2.75) is 39.0 Å². The summed E-state index contributed by atoms with van der Waals surface area (Å²) in [6.07, 6.45) is 1.15. The molecule has 1 aliphatic rings. The lowest BCUT2D eigenvalue weighted by atomic mass is 10.1. The first-order valence-electron chi connectivity index (χ1n) is 14.2. The molecule has 7 rings (SSSR count). The molecule has 1 aliphatic heterocycles. The van der Waals surface area contributed by atoms with E-state index in [0.29, 0.717) is 63.3 Å². The van der Waals surface area contributed by atoms with Crippen LogP contribution in [0.2, 0.25) is 5.02 Å². The zero-order valence-corrected chi connectivity index (χ0v) is 24.5. The topological polar surface area (TPSA) is 99.6 Å². The molecule has 1 saturated heterocycles. The molecule has 8 nitrogen and oxygen atoms in total. The summed E-state index contributed by atoms with van der Waals surface area (Å²) in [4.78, 5) is 20.9. The second kappa shape index (κ2) is 11.4. The molecule has 3 aromatic carbocycles. The van der Waals surface area contributed by atoms with E-state index in [1.165, 1.54) is 12.1 Å². The number of aromatic carboxylic acids is 1. The van der Waals surface area contributed by atoms with Crippen LogP contribution in [-0.2, 0) is 24.3 Å². The van der Waals surface area contributed by atoms with Gasteiger partial charge < -0.3 is 23.6 Å². The van der Waals surface area contributed by atoms with Crippen LogP contribution in [0.1, 0.15) is 39.5 Å². The second-order valence-electron chi connectivity index (χ2n) is 10.9. The third-order valence-electron chi connectivity index (χ3n) is 7.89. The number of furan rings is 1. The number of halogens is 2. The van der Waals surface area contributed by atoms with Crippen molar-refractivity contribution in [2.75, 3.05) is 6.61 Å². The van der Waals surface area contributed by atoms with E-state index in [0.717, 1.165) is 23.1 Å². The number of hydrogen-bond donors (Lipinski definition) is 1. The smallest absolute Gasteiger partial charge is 0.335 e. The van der Waals surface area contributed by atoms with E-state index in [2.05, 4.69) is 4.98 Å². The zero-order valence-electron chi connectivity index (χ0n) is 23.7. The summed E-state index contributed by atoms with van der Waals surface area (Å²) in [6.45, 7) is 3.31. The number of fused-ring (bicyclic) bond motifs is 2. The molecule has 10 heteroatoms. The lowest BCUT2D eigenvalue weighted by molar-refractivity contribution is -0.0589. The van der Waals surface area contributed by atoms with Gasteiger partial charge in [0, 0.05) is 35.6 Å². The molecular formula is C34H27ClFN3O5. The molecule has 44 heavy (non-hydrogen) atoms. The number of hydrogen-bond acceptors (Lipinski definition) is 6. The molecule has 1 fully saturated rings. The fraction of sp³-hybridized carbons (Fsp3) is 0.206. The number of rotatable bonds is 9. The standard InChI is InChI=1S/C34H27ClFN3O5/c1-19-13-25-26(35)9-7-23(33(25)44-19)18-43-32-4-2-3-28(38-32)21-6-5-20(27(36)14-21)16-31-37-29-10-8-22(34(40)41)15-30(29)39(31)17-24-11-12-42-24/h2-10,13-15,24H,11-12,16-18H2,1H3,(H,40,41)/t24-/m0/s1. The molecular weight excluding hydrogens is 585 g/mol. The summed E-state index contributed by atoms with van der Waals surface area (Å²) in [7, 11) is 0. The van der Waals surface area contributed by atoms with Crippen molar-refractivity contribution in [3.05, 3.63) is 112 Å². The lowest BCUT2D eigenvalue weighted by Gasteiger charge is -2.27. The maximum atomic E-state index is 15.6. The van der Waals surface area contributed by atoms with Gasteiger partial charge in [0.2, 0.25) is 5.88 Å². The summed E-state index contributed by atoms with van der Waals surface area (Å²) in [5.41, 5.74) is 4.68. The van der Waals surface area contributed by atoms with Crippen molar-refractivity contribution in [3.8, 4) is 17.1 Å². The predicted octanol–water partition coefficient (Wildman–Crippen LogP) is 7.60. The molecule has 0 bridgehead atoms. The summed E-state index contributed by atoms with van der Waals surface area (Å²) >= 11 is 6.31. The van der Waals surface area contributed by atoms with E-state index >= 15 is 4.39 Å². The van der Waals surface area contributed by atoms with E-state index < -0.39 is 11.8 Å². The number of nitrogens with zero attached hydrogens (tertiary/aromatic N) is 3. The first kappa shape index (κ1) is 28.1. The number of ether oxygens (including phenoxy) is 2. The van der Waals surface area contributed by atoms with E-state index in [1.54, 1.807) is 30.3 Å². The van der Waals surface area contributed by atoms with Crippen molar-refractivity contribution < 1.29 is 28.2 Å². The molecule has 0 spiro atoms. The quantitative estimate of drug-likeness (QED) is 0.180. The Kier molecular flexibility index (Phi) is 7.27. The van der Waals surface area contributed by atoms with Crippen LogP contribution >= 0.6 is 11.6 Å². The maximum Gasteiger partial charge on any atom is 0.335 e. The SMILES string of the molecule is Cc1cc2c(Cl)ccc(COc3cccc(-c4ccc(Cc5nc6ccc(C(=O)O)cc6n5C[C@@H]5CCO5)c(F)c4)n3)c2o1. The highest BCUT2D eigenvalue weighted by molar-refractivity contribution is 6.35. The minimum Gasteiger partial charge on any atom is -0.478 e. The Hall–Kier alpha value is -4.73. The van der Waals surface area contributed by atoms with Crippen molar-refractivity contribution >= 4 is 39.6 Å². The number of aromatic nitrogens is 3. The number of carbonyl (C=O) groups is 1. The van der Waals surface area contributed by atoms with Gasteiger partial charge >= 0.3 is 5.97 Å². The van der Waals surface area contributed by atoms with Gasteiger partial charge in [0.25, 0.3) is 0 Å². The summed E-state index contributed by atoms with van der Waals surface area (Å²) in [6, 6.07) is 20.8. The Bertz CT molecular complexity index is 2050. The largest absolute Gasteiger partial charge is 0.478 e. The molecule has 0 amide bonds. The van der Waals surface area contributed by atoms with E-state index in [1.807, 2.05) is 41.8 Å². The minimum atomic E-state index is -1.01. The van der Waals surface area contributed by atoms with Crippen LogP contribution in [0, 0.1) is 12.7 Å². The molecule has 0 aliphatic carbocycles. The van der Waals surface area contributed by atoms with Crippen molar-refractivity contribution in [3.63, 3.8) is 0 Å². The Labute approximate surface area is 256 Å². The maximum absolute atomic E-state index is 15.6. The van der Waals surface area contributed by atoms with Gasteiger partial charge in [0.15, 0.2) is 0 Å². The van der Waals surface area contributed by atoms with E-state index in [4.69, 9.17) is 30.5 Å². The zero-order chi connectivity index (χ0) is 30.4. The number of carboxylic acids is 1. The first-order valence-corrected chi connectivity index (χ1v) is 14.6. The lowest BCUT2D eigenvalue weighted by Crippen LogP contribution is -2.31. The van der Waals surface area contributed by atoms with Crippen molar-refractivity contribution in [1.29, 1.82) is 0 Å². The van der Waals surface area contributed by atoms with E-state index in [9.17, 15) is 9.90 Å². The Morgan fingerprint density at radius 1 is 1.09 bits per heavy atom. The summed E-state index contributed by atoms with van der Waals surface area (Å²) in [5, 5.41) is 10.9. The number of pyridine rings is 1. The van der Waals surface area contributed by atoms with Crippen LogP contribution in [0.5, 0.6) is 5.88 Å². The molecule has 0 saturated carbocycles. The van der Waals surface area contributed by atoms with Crippen LogP contribution in [-0.4, -0.2) is 38.3 Å². The van der Waals surface area contributed by atoms with Crippen LogP contribution < -0.4 is 4.74 Å². The van der Waals surface area contributed by atoms with Gasteiger partial charge in [-0.3, -0.25) is 0 Å². The first-order chi connectivity index (χ1) is 21.3. The molecule has 1 atom stereocenters. The number of imidazole rings is 1. The summed E-state index contributed by atoms with van der Waals surface area (Å²) in [5.74, 6) is 0.391.